The Morgan fingerprint density at radius 1 is 0.489 bits per heavy atom. The van der Waals surface area contributed by atoms with Crippen LogP contribution in [0.3, 0.4) is 0 Å². The first-order chi connectivity index (χ1) is 22.4. The third-order valence-electron chi connectivity index (χ3n) is 9.18. The molecule has 8 aromatic rings. The van der Waals surface area contributed by atoms with E-state index in [9.17, 15) is 0 Å². The van der Waals surface area contributed by atoms with E-state index >= 15 is 0 Å². The van der Waals surface area contributed by atoms with Crippen LogP contribution >= 0.6 is 0 Å². The van der Waals surface area contributed by atoms with E-state index in [0.717, 1.165) is 44.7 Å². The first-order valence-electron chi connectivity index (χ1n) is 15.3. The molecule has 3 aromatic heterocycles. The number of nitrogens with zero attached hydrogens (tertiary/aromatic N) is 4. The topological polar surface area (TPSA) is 34.0 Å². The van der Waals surface area contributed by atoms with E-state index in [2.05, 4.69) is 154 Å². The van der Waals surface area contributed by atoms with E-state index in [1.54, 1.807) is 0 Å². The molecule has 0 atom stereocenters. The zero-order valence-corrected chi connectivity index (χ0v) is 24.5. The lowest BCUT2D eigenvalue weighted by Gasteiger charge is -2.46. The number of hydrogen-bond donors (Lipinski definition) is 0. The summed E-state index contributed by atoms with van der Waals surface area (Å²) in [6.07, 6.45) is 5.60. The molecule has 4 nitrogen and oxygen atoms in total. The van der Waals surface area contributed by atoms with E-state index in [-0.39, 0.29) is 0 Å². The van der Waals surface area contributed by atoms with Crippen LogP contribution in [0.5, 0.6) is 0 Å². The van der Waals surface area contributed by atoms with E-state index in [1.165, 1.54) is 22.3 Å². The first-order valence-corrected chi connectivity index (χ1v) is 15.3. The molecule has 0 spiro atoms. The molecule has 0 fully saturated rings. The molecular formula is C41H28N4. The number of hydrogen-bond acceptors (Lipinski definition) is 3. The highest BCUT2D eigenvalue weighted by Gasteiger charge is 2.46. The minimum absolute atomic E-state index is 0.495. The molecule has 4 heteroatoms. The van der Waals surface area contributed by atoms with E-state index in [4.69, 9.17) is 4.98 Å². The van der Waals surface area contributed by atoms with Crippen LogP contribution in [-0.4, -0.2) is 14.5 Å². The molecule has 0 aliphatic carbocycles. The standard InChI is InChI=1S/C41H28N4/c1-3-13-29(14-4-1)41(30-15-5-2-6-16-30)34-18-7-9-20-36(34)44(37-21-10-8-19-35(37)41)31-23-24-33-39(27-31)45(32-17-11-25-42-28-32)38-22-12-26-43-40(33)38/h1-28H. The molecule has 0 radical (unpaired) electrons. The molecule has 0 amide bonds. The zero-order chi connectivity index (χ0) is 29.8. The molecule has 0 N–H and O–H groups in total. The molecule has 1 aliphatic rings. The Morgan fingerprint density at radius 2 is 1.11 bits per heavy atom. The fraction of sp³-hybridized carbons (Fsp3) is 0.0244. The van der Waals surface area contributed by atoms with Crippen LogP contribution < -0.4 is 4.90 Å². The van der Waals surface area contributed by atoms with Gasteiger partial charge in [-0.05, 0) is 76.9 Å². The highest BCUT2D eigenvalue weighted by Crippen LogP contribution is 2.57. The Labute approximate surface area is 261 Å². The third kappa shape index (κ3) is 3.66. The van der Waals surface area contributed by atoms with Gasteiger partial charge in [-0.15, -0.1) is 0 Å². The van der Waals surface area contributed by atoms with Crippen molar-refractivity contribution in [3.8, 4) is 5.69 Å². The van der Waals surface area contributed by atoms with Gasteiger partial charge in [0, 0.05) is 23.5 Å². The van der Waals surface area contributed by atoms with Gasteiger partial charge < -0.3 is 9.47 Å². The van der Waals surface area contributed by atoms with Gasteiger partial charge in [0.1, 0.15) is 0 Å². The van der Waals surface area contributed by atoms with Crippen LogP contribution in [-0.2, 0) is 5.41 Å². The van der Waals surface area contributed by atoms with Crippen molar-refractivity contribution in [1.29, 1.82) is 0 Å². The Hall–Kier alpha value is -6.00. The highest BCUT2D eigenvalue weighted by molar-refractivity contribution is 6.08. The SMILES string of the molecule is c1ccc(C2(c3ccccc3)c3ccccc3N(c3ccc4c5ncccc5n(-c5cccnc5)c4c3)c3ccccc32)cc1. The minimum atomic E-state index is -0.495. The van der Waals surface area contributed by atoms with Crippen molar-refractivity contribution in [3.05, 3.63) is 193 Å². The normalized spacial score (nSPS) is 13.5. The van der Waals surface area contributed by atoms with Crippen LogP contribution in [0.4, 0.5) is 17.1 Å². The summed E-state index contributed by atoms with van der Waals surface area (Å²) in [5.41, 5.74) is 12.0. The molecular weight excluding hydrogens is 548 g/mol. The Bertz CT molecular complexity index is 2240. The van der Waals surface area contributed by atoms with Crippen molar-refractivity contribution in [1.82, 2.24) is 14.5 Å². The predicted molar refractivity (Wildman–Crippen MR) is 183 cm³/mol. The lowest BCUT2D eigenvalue weighted by Crippen LogP contribution is -2.37. The maximum atomic E-state index is 4.80. The van der Waals surface area contributed by atoms with Gasteiger partial charge >= 0.3 is 0 Å². The number of para-hydroxylation sites is 2. The largest absolute Gasteiger partial charge is 0.310 e. The van der Waals surface area contributed by atoms with Gasteiger partial charge in [0.05, 0.1) is 45.2 Å². The predicted octanol–water partition coefficient (Wildman–Crippen LogP) is 9.74. The van der Waals surface area contributed by atoms with Crippen molar-refractivity contribution in [3.63, 3.8) is 0 Å². The average molecular weight is 577 g/mol. The maximum absolute atomic E-state index is 4.80. The summed E-state index contributed by atoms with van der Waals surface area (Å²) in [5, 5.41) is 1.11. The molecule has 0 bridgehead atoms. The fourth-order valence-electron chi connectivity index (χ4n) is 7.41. The summed E-state index contributed by atoms with van der Waals surface area (Å²) >= 11 is 0. The van der Waals surface area contributed by atoms with Gasteiger partial charge in [0.2, 0.25) is 0 Å². The van der Waals surface area contributed by atoms with E-state index in [0.29, 0.717) is 0 Å². The molecule has 212 valence electrons. The quantitative estimate of drug-likeness (QED) is 0.209. The van der Waals surface area contributed by atoms with Crippen molar-refractivity contribution >= 4 is 39.0 Å². The number of anilines is 3. The van der Waals surface area contributed by atoms with Crippen LogP contribution in [0.2, 0.25) is 0 Å². The average Bonchev–Trinajstić information content (AvgIpc) is 3.45. The summed E-state index contributed by atoms with van der Waals surface area (Å²) in [6.45, 7) is 0. The van der Waals surface area contributed by atoms with Crippen molar-refractivity contribution < 1.29 is 0 Å². The van der Waals surface area contributed by atoms with Gasteiger partial charge in [-0.3, -0.25) is 9.97 Å². The molecule has 0 saturated heterocycles. The van der Waals surface area contributed by atoms with Gasteiger partial charge in [-0.1, -0.05) is 97.1 Å². The van der Waals surface area contributed by atoms with Crippen molar-refractivity contribution in [2.45, 2.75) is 5.41 Å². The van der Waals surface area contributed by atoms with Crippen LogP contribution in [0.1, 0.15) is 22.3 Å². The second kappa shape index (κ2) is 10.0. The Kier molecular flexibility index (Phi) is 5.69. The van der Waals surface area contributed by atoms with Gasteiger partial charge in [-0.2, -0.15) is 0 Å². The second-order valence-electron chi connectivity index (χ2n) is 11.5. The lowest BCUT2D eigenvalue weighted by atomic mass is 9.62. The number of benzene rings is 5. The maximum Gasteiger partial charge on any atom is 0.0963 e. The number of rotatable bonds is 4. The Morgan fingerprint density at radius 3 is 1.76 bits per heavy atom. The summed E-state index contributed by atoms with van der Waals surface area (Å²) in [6, 6.07) is 54.6. The van der Waals surface area contributed by atoms with Crippen LogP contribution in [0.15, 0.2) is 170 Å². The smallest absolute Gasteiger partial charge is 0.0963 e. The number of pyridine rings is 2. The first kappa shape index (κ1) is 25.5. The number of fused-ring (bicyclic) bond motifs is 5. The molecule has 45 heavy (non-hydrogen) atoms. The fourth-order valence-corrected chi connectivity index (χ4v) is 7.41. The van der Waals surface area contributed by atoms with Crippen LogP contribution in [0, 0.1) is 0 Å². The monoisotopic (exact) mass is 576 g/mol. The van der Waals surface area contributed by atoms with Crippen molar-refractivity contribution in [2.75, 3.05) is 4.90 Å². The molecule has 0 unspecified atom stereocenters. The number of aromatic nitrogens is 3. The minimum Gasteiger partial charge on any atom is -0.310 e. The van der Waals surface area contributed by atoms with Gasteiger partial charge in [-0.25, -0.2) is 0 Å². The molecule has 9 rings (SSSR count). The highest BCUT2D eigenvalue weighted by atomic mass is 15.2. The molecule has 1 aliphatic heterocycles. The Balaban J connectivity index is 1.36. The van der Waals surface area contributed by atoms with Gasteiger partial charge in [0.25, 0.3) is 0 Å². The van der Waals surface area contributed by atoms with Crippen LogP contribution in [0.25, 0.3) is 27.6 Å². The lowest BCUT2D eigenvalue weighted by molar-refractivity contribution is 0.731. The van der Waals surface area contributed by atoms with E-state index in [1.807, 2.05) is 30.7 Å². The summed E-state index contributed by atoms with van der Waals surface area (Å²) < 4.78 is 2.27. The summed E-state index contributed by atoms with van der Waals surface area (Å²) in [5.74, 6) is 0. The molecule has 0 saturated carbocycles. The molecule has 5 aromatic carbocycles. The second-order valence-corrected chi connectivity index (χ2v) is 11.5. The van der Waals surface area contributed by atoms with Crippen molar-refractivity contribution in [2.24, 2.45) is 0 Å². The summed E-state index contributed by atoms with van der Waals surface area (Å²) in [7, 11) is 0. The van der Waals surface area contributed by atoms with Gasteiger partial charge in [0.15, 0.2) is 0 Å². The molecule has 4 heterocycles. The van der Waals surface area contributed by atoms with E-state index < -0.39 is 5.41 Å². The summed E-state index contributed by atoms with van der Waals surface area (Å²) in [4.78, 5) is 11.7. The third-order valence-corrected chi connectivity index (χ3v) is 9.18. The zero-order valence-electron chi connectivity index (χ0n) is 24.5.